The van der Waals surface area contributed by atoms with E-state index in [4.69, 9.17) is 10.00 Å². The second-order valence-electron chi connectivity index (χ2n) is 11.9. The van der Waals surface area contributed by atoms with E-state index < -0.39 is 34.6 Å². The largest absolute Gasteiger partial charge is 0.743 e. The van der Waals surface area contributed by atoms with Gasteiger partial charge in [0.1, 0.15) is 24.2 Å². The summed E-state index contributed by atoms with van der Waals surface area (Å²) in [7, 11) is -5.26. The first-order valence-corrected chi connectivity index (χ1v) is 16.5. The van der Waals surface area contributed by atoms with Gasteiger partial charge in [0.15, 0.2) is 15.0 Å². The number of halogens is 2. The molecule has 4 rings (SSSR count). The van der Waals surface area contributed by atoms with Crippen molar-refractivity contribution >= 4 is 27.0 Å². The van der Waals surface area contributed by atoms with Gasteiger partial charge in [-0.1, -0.05) is 39.5 Å². The fourth-order valence-electron chi connectivity index (χ4n) is 5.60. The fourth-order valence-corrected chi connectivity index (χ4v) is 8.13. The van der Waals surface area contributed by atoms with Crippen molar-refractivity contribution in [3.05, 3.63) is 42.0 Å². The van der Waals surface area contributed by atoms with Gasteiger partial charge in [0.25, 0.3) is 0 Å². The van der Waals surface area contributed by atoms with Crippen molar-refractivity contribution in [2.75, 3.05) is 24.7 Å². The lowest BCUT2D eigenvalue weighted by Gasteiger charge is -2.28. The van der Waals surface area contributed by atoms with Crippen molar-refractivity contribution in [2.45, 2.75) is 81.0 Å². The molecule has 0 aromatic heterocycles. The molecular formula is C29H39F2NO6S2. The summed E-state index contributed by atoms with van der Waals surface area (Å²) in [6, 6.07) is 11.5. The molecule has 11 heteroatoms. The zero-order valence-electron chi connectivity index (χ0n) is 23.4. The maximum atomic E-state index is 12.9. The summed E-state index contributed by atoms with van der Waals surface area (Å²) in [4.78, 5) is 13.5. The van der Waals surface area contributed by atoms with Gasteiger partial charge in [0, 0.05) is 23.2 Å². The number of ether oxygens (including phenoxy) is 2. The maximum absolute atomic E-state index is 12.9. The van der Waals surface area contributed by atoms with Crippen LogP contribution in [-0.4, -0.2) is 55.0 Å². The van der Waals surface area contributed by atoms with E-state index in [0.717, 1.165) is 12.8 Å². The van der Waals surface area contributed by atoms with Gasteiger partial charge in [-0.05, 0) is 67.1 Å². The number of esters is 1. The lowest BCUT2D eigenvalue weighted by molar-refractivity contribution is -0.148. The molecule has 1 aliphatic heterocycles. The summed E-state index contributed by atoms with van der Waals surface area (Å²) in [5.74, 6) is 2.74. The standard InChI is InChI=1S/C15H19F2NO6S.C14H21S/c1-9(7-23-8-15(16,17)25(20,21)22)14(19)24-13-6-10-4-11(2-3-18)12(13)5-10;1-14(2,3)12-6-8-13(9-7-12)15-10-4-5-11-15/h10-13H,1-2,4-8H2,(H,20,21,22);6-9H,4-5,10-11H2,1-3H3/q;+1/p-1. The van der Waals surface area contributed by atoms with Gasteiger partial charge in [0.05, 0.1) is 18.2 Å². The molecule has 7 nitrogen and oxygen atoms in total. The molecule has 3 fully saturated rings. The van der Waals surface area contributed by atoms with Crippen molar-refractivity contribution in [1.29, 1.82) is 5.26 Å². The summed E-state index contributed by atoms with van der Waals surface area (Å²) in [5, 5.41) is 4.24. The van der Waals surface area contributed by atoms with Crippen LogP contribution >= 0.6 is 0 Å². The number of nitrogens with zero attached hydrogens (tertiary/aromatic N) is 1. The van der Waals surface area contributed by atoms with E-state index in [-0.39, 0.29) is 28.9 Å². The van der Waals surface area contributed by atoms with Gasteiger partial charge < -0.3 is 14.0 Å². The number of hydrogen-bond acceptors (Lipinski definition) is 7. The Morgan fingerprint density at radius 3 is 2.30 bits per heavy atom. The average Bonchev–Trinajstić information content (AvgIpc) is 3.61. The number of fused-ring (bicyclic) bond motifs is 2. The van der Waals surface area contributed by atoms with Gasteiger partial charge in [-0.2, -0.15) is 14.0 Å². The van der Waals surface area contributed by atoms with E-state index >= 15 is 0 Å². The van der Waals surface area contributed by atoms with E-state index in [1.165, 1.54) is 29.9 Å². The quantitative estimate of drug-likeness (QED) is 0.163. The molecule has 1 aromatic rings. The lowest BCUT2D eigenvalue weighted by Crippen LogP contribution is -2.34. The molecule has 1 heterocycles. The Kier molecular flexibility index (Phi) is 10.8. The van der Waals surface area contributed by atoms with Crippen molar-refractivity contribution in [1.82, 2.24) is 0 Å². The third-order valence-corrected chi connectivity index (χ3v) is 11.1. The number of carbonyl (C=O) groups is 1. The van der Waals surface area contributed by atoms with Gasteiger partial charge in [0.2, 0.25) is 0 Å². The number of hydrogen-bond donors (Lipinski definition) is 0. The van der Waals surface area contributed by atoms with Gasteiger partial charge in [-0.15, -0.1) is 0 Å². The fraction of sp³-hybridized carbons (Fsp3) is 0.655. The monoisotopic (exact) mass is 599 g/mol. The zero-order valence-corrected chi connectivity index (χ0v) is 25.0. The summed E-state index contributed by atoms with van der Waals surface area (Å²) in [5.41, 5.74) is 1.49. The molecule has 4 atom stereocenters. The third kappa shape index (κ3) is 8.51. The van der Waals surface area contributed by atoms with Crippen molar-refractivity contribution in [2.24, 2.45) is 17.8 Å². The predicted molar refractivity (Wildman–Crippen MR) is 149 cm³/mol. The number of benzene rings is 1. The molecule has 2 aliphatic carbocycles. The smallest absolute Gasteiger partial charge is 0.357 e. The van der Waals surface area contributed by atoms with Crippen LogP contribution in [-0.2, 0) is 40.7 Å². The number of alkyl halides is 2. The first-order valence-electron chi connectivity index (χ1n) is 13.6. The first kappa shape index (κ1) is 32.5. The minimum atomic E-state index is -5.84. The Labute approximate surface area is 239 Å². The van der Waals surface area contributed by atoms with Gasteiger partial charge in [-0.3, -0.25) is 0 Å². The molecule has 222 valence electrons. The highest BCUT2D eigenvalue weighted by Gasteiger charge is 2.48. The van der Waals surface area contributed by atoms with Crippen LogP contribution in [0.15, 0.2) is 41.3 Å². The topological polar surface area (TPSA) is 117 Å². The number of nitriles is 1. The summed E-state index contributed by atoms with van der Waals surface area (Å²) in [6.07, 6.45) is 5.45. The van der Waals surface area contributed by atoms with E-state index in [2.05, 4.69) is 62.4 Å². The normalized spacial score (nSPS) is 24.7. The Morgan fingerprint density at radius 2 is 1.77 bits per heavy atom. The minimum absolute atomic E-state index is 0.109. The lowest BCUT2D eigenvalue weighted by atomic mass is 9.85. The summed E-state index contributed by atoms with van der Waals surface area (Å²) in [6.45, 7) is 7.87. The van der Waals surface area contributed by atoms with E-state index in [1.807, 2.05) is 0 Å². The van der Waals surface area contributed by atoms with Gasteiger partial charge >= 0.3 is 11.2 Å². The number of carbonyl (C=O) groups excluding carboxylic acids is 1. The molecule has 0 amide bonds. The maximum Gasteiger partial charge on any atom is 0.357 e. The molecule has 0 radical (unpaired) electrons. The van der Waals surface area contributed by atoms with Crippen LogP contribution in [0.5, 0.6) is 0 Å². The van der Waals surface area contributed by atoms with Gasteiger partial charge in [-0.25, -0.2) is 13.2 Å². The molecule has 40 heavy (non-hydrogen) atoms. The molecule has 4 unspecified atom stereocenters. The number of rotatable bonds is 9. The molecule has 2 saturated carbocycles. The average molecular weight is 600 g/mol. The Bertz CT molecular complexity index is 1180. The molecule has 3 aliphatic rings. The van der Waals surface area contributed by atoms with Crippen LogP contribution < -0.4 is 0 Å². The van der Waals surface area contributed by atoms with Crippen molar-refractivity contribution in [3.63, 3.8) is 0 Å². The van der Waals surface area contributed by atoms with Crippen LogP contribution in [0.3, 0.4) is 0 Å². The molecule has 0 N–H and O–H groups in total. The second-order valence-corrected chi connectivity index (χ2v) is 15.7. The Morgan fingerprint density at radius 1 is 1.15 bits per heavy atom. The molecule has 1 saturated heterocycles. The van der Waals surface area contributed by atoms with Crippen LogP contribution in [0.1, 0.15) is 64.9 Å². The summed E-state index contributed by atoms with van der Waals surface area (Å²) >= 11 is 0. The zero-order chi connectivity index (χ0) is 29.7. The SMILES string of the molecule is C=C(COCC(F)(F)S(=O)(=O)[O-])C(=O)OC1CC2CC(CC#N)C1C2.CC(C)(C)c1ccc([S+]2CCCC2)cc1. The third-order valence-electron chi connectivity index (χ3n) is 7.79. The highest BCUT2D eigenvalue weighted by Crippen LogP contribution is 2.50. The van der Waals surface area contributed by atoms with E-state index in [9.17, 15) is 26.5 Å². The highest BCUT2D eigenvalue weighted by atomic mass is 32.2. The first-order chi connectivity index (χ1) is 18.6. The Balaban J connectivity index is 0.000000249. The van der Waals surface area contributed by atoms with Crippen molar-refractivity contribution in [3.8, 4) is 6.07 Å². The highest BCUT2D eigenvalue weighted by molar-refractivity contribution is 7.97. The molecule has 0 spiro atoms. The summed E-state index contributed by atoms with van der Waals surface area (Å²) < 4.78 is 66.6. The second kappa shape index (κ2) is 13.3. The van der Waals surface area contributed by atoms with Crippen LogP contribution in [0.2, 0.25) is 0 Å². The van der Waals surface area contributed by atoms with E-state index in [1.54, 1.807) is 4.90 Å². The predicted octanol–water partition coefficient (Wildman–Crippen LogP) is 5.32. The molecule has 2 bridgehead atoms. The van der Waals surface area contributed by atoms with Crippen molar-refractivity contribution < 1.29 is 36.0 Å². The van der Waals surface area contributed by atoms with E-state index in [0.29, 0.717) is 29.7 Å². The molecule has 1 aromatic carbocycles. The van der Waals surface area contributed by atoms with Crippen LogP contribution in [0, 0.1) is 29.1 Å². The van der Waals surface area contributed by atoms with Crippen LogP contribution in [0.25, 0.3) is 0 Å². The minimum Gasteiger partial charge on any atom is -0.743 e. The van der Waals surface area contributed by atoms with Crippen LogP contribution in [0.4, 0.5) is 8.78 Å². The molecular weight excluding hydrogens is 560 g/mol. The Hall–Kier alpha value is -2.00.